The molecule has 0 saturated heterocycles. The number of hydrogen-bond acceptors (Lipinski definition) is 0. The van der Waals surface area contributed by atoms with Crippen LogP contribution in [0.15, 0.2) is 142 Å². The van der Waals surface area contributed by atoms with Crippen LogP contribution < -0.4 is 0 Å². The first-order valence-electron chi connectivity index (χ1n) is 13.9. The van der Waals surface area contributed by atoms with Gasteiger partial charge in [0.15, 0.2) is 0 Å². The third-order valence-electron chi connectivity index (χ3n) is 8.42. The van der Waals surface area contributed by atoms with E-state index in [9.17, 15) is 0 Å². The lowest BCUT2D eigenvalue weighted by Gasteiger charge is -2.34. The van der Waals surface area contributed by atoms with Crippen LogP contribution in [0.5, 0.6) is 0 Å². The first kappa shape index (κ1) is 26.2. The Morgan fingerprint density at radius 2 is 0.829 bits per heavy atom. The van der Waals surface area contributed by atoms with Gasteiger partial charge in [0.05, 0.1) is 5.41 Å². The summed E-state index contributed by atoms with van der Waals surface area (Å²) in [7, 11) is 0. The smallest absolute Gasteiger partial charge is 0.0613 e. The van der Waals surface area contributed by atoms with E-state index < -0.39 is 5.41 Å². The van der Waals surface area contributed by atoms with Gasteiger partial charge in [-0.15, -0.1) is 0 Å². The van der Waals surface area contributed by atoms with Crippen molar-refractivity contribution in [2.75, 3.05) is 0 Å². The predicted molar refractivity (Wildman–Crippen MR) is 179 cm³/mol. The number of hydrogen-bond donors (Lipinski definition) is 0. The van der Waals surface area contributed by atoms with Crippen LogP contribution in [0.1, 0.15) is 33.4 Å². The Morgan fingerprint density at radius 3 is 1.24 bits per heavy atom. The Hall–Kier alpha value is -3.72. The molecular weight excluding hydrogens is 628 g/mol. The Balaban J connectivity index is 1.56. The van der Waals surface area contributed by atoms with E-state index in [0.29, 0.717) is 0 Å². The summed E-state index contributed by atoms with van der Waals surface area (Å²) in [4.78, 5) is 0. The highest BCUT2D eigenvalue weighted by atomic mass is 79.9. The number of benzene rings is 6. The molecule has 41 heavy (non-hydrogen) atoms. The van der Waals surface area contributed by atoms with Gasteiger partial charge in [-0.2, -0.15) is 0 Å². The summed E-state index contributed by atoms with van der Waals surface area (Å²) in [5.41, 5.74) is 14.6. The molecule has 0 amide bonds. The average molecular weight is 656 g/mol. The van der Waals surface area contributed by atoms with Crippen molar-refractivity contribution in [2.24, 2.45) is 0 Å². The van der Waals surface area contributed by atoms with Crippen LogP contribution in [0.4, 0.5) is 0 Å². The number of halogens is 2. The standard InChI is InChI=1S/C39H28Br2/c1-25-9-13-27(14-10-25)29-5-3-7-31(21-29)39(32-8-4-6-30(22-32)28-15-11-26(2)12-16-28)37-23-33(40)17-19-35(37)36-20-18-34(41)24-38(36)39/h3-24H,1-2H3. The molecule has 1 aliphatic rings. The SMILES string of the molecule is Cc1ccc(-c2cccc(C3(c4cccc(-c5ccc(C)cc5)c4)c4cc(Br)ccc4-c4ccc(Br)cc43)c2)cc1. The molecule has 0 fully saturated rings. The van der Waals surface area contributed by atoms with Crippen molar-refractivity contribution in [2.45, 2.75) is 19.3 Å². The molecule has 0 heterocycles. The van der Waals surface area contributed by atoms with Crippen molar-refractivity contribution in [3.05, 3.63) is 176 Å². The van der Waals surface area contributed by atoms with Gasteiger partial charge in [-0.3, -0.25) is 0 Å². The van der Waals surface area contributed by atoms with Crippen molar-refractivity contribution in [3.8, 4) is 33.4 Å². The van der Waals surface area contributed by atoms with Gasteiger partial charge in [-0.05, 0) is 106 Å². The molecular formula is C39H28Br2. The molecule has 7 rings (SSSR count). The Kier molecular flexibility index (Phi) is 6.57. The zero-order chi connectivity index (χ0) is 28.1. The van der Waals surface area contributed by atoms with Crippen LogP contribution in [0, 0.1) is 13.8 Å². The lowest BCUT2D eigenvalue weighted by molar-refractivity contribution is 0.768. The van der Waals surface area contributed by atoms with Gasteiger partial charge in [-0.25, -0.2) is 0 Å². The molecule has 0 bridgehead atoms. The lowest BCUT2D eigenvalue weighted by atomic mass is 9.67. The minimum absolute atomic E-state index is 0.500. The normalized spacial score (nSPS) is 13.1. The second kappa shape index (κ2) is 10.3. The van der Waals surface area contributed by atoms with E-state index in [1.807, 2.05) is 0 Å². The van der Waals surface area contributed by atoms with E-state index in [1.165, 1.54) is 66.8 Å². The highest BCUT2D eigenvalue weighted by Gasteiger charge is 2.46. The van der Waals surface area contributed by atoms with Gasteiger partial charge in [0, 0.05) is 8.95 Å². The summed E-state index contributed by atoms with van der Waals surface area (Å²) in [6, 6.07) is 49.4. The highest BCUT2D eigenvalue weighted by Crippen LogP contribution is 2.57. The van der Waals surface area contributed by atoms with E-state index in [-0.39, 0.29) is 0 Å². The summed E-state index contributed by atoms with van der Waals surface area (Å²) in [6.07, 6.45) is 0. The molecule has 0 atom stereocenters. The zero-order valence-corrected chi connectivity index (χ0v) is 26.1. The van der Waals surface area contributed by atoms with Crippen molar-refractivity contribution in [1.82, 2.24) is 0 Å². The molecule has 0 aromatic heterocycles. The zero-order valence-electron chi connectivity index (χ0n) is 23.0. The molecule has 1 aliphatic carbocycles. The Bertz CT molecular complexity index is 1770. The fourth-order valence-corrected chi connectivity index (χ4v) is 7.14. The first-order chi connectivity index (χ1) is 19.9. The maximum absolute atomic E-state index is 3.83. The Morgan fingerprint density at radius 1 is 0.415 bits per heavy atom. The van der Waals surface area contributed by atoms with Gasteiger partial charge in [0.25, 0.3) is 0 Å². The largest absolute Gasteiger partial charge is 0.0714 e. The Labute approximate surface area is 259 Å². The minimum atomic E-state index is -0.500. The first-order valence-corrected chi connectivity index (χ1v) is 15.5. The molecule has 6 aromatic carbocycles. The minimum Gasteiger partial charge on any atom is -0.0613 e. The van der Waals surface area contributed by atoms with Crippen molar-refractivity contribution in [3.63, 3.8) is 0 Å². The van der Waals surface area contributed by atoms with Crippen LogP contribution in [-0.2, 0) is 5.41 Å². The van der Waals surface area contributed by atoms with Crippen LogP contribution in [0.2, 0.25) is 0 Å². The summed E-state index contributed by atoms with van der Waals surface area (Å²) in [6.45, 7) is 4.27. The number of aryl methyl sites for hydroxylation is 2. The summed E-state index contributed by atoms with van der Waals surface area (Å²) < 4.78 is 2.16. The highest BCUT2D eigenvalue weighted by molar-refractivity contribution is 9.10. The van der Waals surface area contributed by atoms with Gasteiger partial charge < -0.3 is 0 Å². The van der Waals surface area contributed by atoms with E-state index in [1.54, 1.807) is 0 Å². The fourth-order valence-electron chi connectivity index (χ4n) is 6.41. The number of fused-ring (bicyclic) bond motifs is 3. The molecule has 0 nitrogen and oxygen atoms in total. The predicted octanol–water partition coefficient (Wildman–Crippen LogP) is 11.5. The average Bonchev–Trinajstić information content (AvgIpc) is 3.27. The van der Waals surface area contributed by atoms with Crippen LogP contribution in [0.3, 0.4) is 0 Å². The monoisotopic (exact) mass is 654 g/mol. The van der Waals surface area contributed by atoms with Crippen molar-refractivity contribution in [1.29, 1.82) is 0 Å². The van der Waals surface area contributed by atoms with Gasteiger partial charge >= 0.3 is 0 Å². The van der Waals surface area contributed by atoms with E-state index >= 15 is 0 Å². The van der Waals surface area contributed by atoms with Crippen LogP contribution in [0.25, 0.3) is 33.4 Å². The molecule has 0 radical (unpaired) electrons. The fraction of sp³-hybridized carbons (Fsp3) is 0.0769. The summed E-state index contributed by atoms with van der Waals surface area (Å²) >= 11 is 7.66. The molecule has 0 spiro atoms. The molecule has 0 aliphatic heterocycles. The van der Waals surface area contributed by atoms with E-state index in [0.717, 1.165) is 8.95 Å². The summed E-state index contributed by atoms with van der Waals surface area (Å²) in [5, 5.41) is 0. The van der Waals surface area contributed by atoms with Gasteiger partial charge in [0.2, 0.25) is 0 Å². The van der Waals surface area contributed by atoms with Gasteiger partial charge in [-0.1, -0.05) is 140 Å². The molecule has 6 aromatic rings. The third kappa shape index (κ3) is 4.41. The van der Waals surface area contributed by atoms with Crippen molar-refractivity contribution >= 4 is 31.9 Å². The van der Waals surface area contributed by atoms with Gasteiger partial charge in [0.1, 0.15) is 0 Å². The second-order valence-electron chi connectivity index (χ2n) is 11.0. The topological polar surface area (TPSA) is 0 Å². The molecule has 0 unspecified atom stereocenters. The van der Waals surface area contributed by atoms with Crippen LogP contribution >= 0.6 is 31.9 Å². The third-order valence-corrected chi connectivity index (χ3v) is 9.41. The molecule has 2 heteroatoms. The lowest BCUT2D eigenvalue weighted by Crippen LogP contribution is -2.28. The molecule has 0 N–H and O–H groups in total. The van der Waals surface area contributed by atoms with Crippen molar-refractivity contribution < 1.29 is 0 Å². The molecule has 198 valence electrons. The number of rotatable bonds is 4. The maximum atomic E-state index is 3.83. The summed E-state index contributed by atoms with van der Waals surface area (Å²) in [5.74, 6) is 0. The quantitative estimate of drug-likeness (QED) is 0.177. The second-order valence-corrected chi connectivity index (χ2v) is 12.9. The van der Waals surface area contributed by atoms with E-state index in [2.05, 4.69) is 179 Å². The van der Waals surface area contributed by atoms with Crippen LogP contribution in [-0.4, -0.2) is 0 Å². The maximum Gasteiger partial charge on any atom is 0.0714 e. The molecule has 0 saturated carbocycles. The van der Waals surface area contributed by atoms with E-state index in [4.69, 9.17) is 0 Å².